The van der Waals surface area contributed by atoms with E-state index >= 15 is 0 Å². The fourth-order valence-corrected chi connectivity index (χ4v) is 7.27. The Hall–Kier alpha value is -0.430. The summed E-state index contributed by atoms with van der Waals surface area (Å²) in [7, 11) is -3.41. The van der Waals surface area contributed by atoms with E-state index in [0.717, 1.165) is 22.3 Å². The van der Waals surface area contributed by atoms with Crippen molar-refractivity contribution in [1.29, 1.82) is 0 Å². The predicted molar refractivity (Wildman–Crippen MR) is 76.9 cm³/mol. The maximum Gasteiger partial charge on any atom is 0.250 e. The number of hydrogen-bond donors (Lipinski definition) is 2. The summed E-state index contributed by atoms with van der Waals surface area (Å²) in [6, 6.07) is 1.84. The van der Waals surface area contributed by atoms with Crippen molar-refractivity contribution in [2.75, 3.05) is 0 Å². The molecular weight excluding hydrogens is 294 g/mol. The minimum atomic E-state index is -3.41. The van der Waals surface area contributed by atoms with Gasteiger partial charge in [-0.25, -0.2) is 13.1 Å². The number of aliphatic hydroxyl groups excluding tert-OH is 1. The lowest BCUT2D eigenvalue weighted by molar-refractivity contribution is 0.285. The number of fused-ring (bicyclic) bond motifs is 5. The second-order valence-corrected chi connectivity index (χ2v) is 9.54. The van der Waals surface area contributed by atoms with Crippen LogP contribution in [0.5, 0.6) is 0 Å². The van der Waals surface area contributed by atoms with Gasteiger partial charge in [0.2, 0.25) is 10.0 Å². The molecule has 0 saturated heterocycles. The van der Waals surface area contributed by atoms with Crippen molar-refractivity contribution in [3.8, 4) is 0 Å². The number of hydrogen-bond acceptors (Lipinski definition) is 4. The van der Waals surface area contributed by atoms with E-state index in [1.54, 1.807) is 6.07 Å². The molecule has 20 heavy (non-hydrogen) atoms. The monoisotopic (exact) mass is 313 g/mol. The molecule has 4 rings (SSSR count). The second kappa shape index (κ2) is 4.29. The number of thiophene rings is 1. The number of rotatable bonds is 4. The van der Waals surface area contributed by atoms with Crippen LogP contribution in [-0.4, -0.2) is 19.6 Å². The Morgan fingerprint density at radius 2 is 2.00 bits per heavy atom. The van der Waals surface area contributed by atoms with E-state index in [1.165, 1.54) is 30.6 Å². The first-order chi connectivity index (χ1) is 9.51. The Bertz CT molecular complexity index is 635. The standard InChI is InChI=1S/C14H19NO3S2/c1-7-4-11(19-10(7)6-16)20(17,18)15-14-12-8-2-3-9(5-8)13(12)14/h4,8-9,12-16H,2-3,5-6H2,1H3. The van der Waals surface area contributed by atoms with Crippen LogP contribution in [0.1, 0.15) is 29.7 Å². The lowest BCUT2D eigenvalue weighted by atomic mass is 10.0. The molecule has 4 unspecified atom stereocenters. The highest BCUT2D eigenvalue weighted by Gasteiger charge is 2.65. The van der Waals surface area contributed by atoms with Gasteiger partial charge in [-0.2, -0.15) is 0 Å². The summed E-state index contributed by atoms with van der Waals surface area (Å²) in [5, 5.41) is 9.20. The van der Waals surface area contributed by atoms with Crippen molar-refractivity contribution < 1.29 is 13.5 Å². The molecule has 2 bridgehead atoms. The Balaban J connectivity index is 1.53. The SMILES string of the molecule is Cc1cc(S(=O)(=O)NC2C3C4CCC(C4)C23)sc1CO. The number of aryl methyl sites for hydroxylation is 1. The summed E-state index contributed by atoms with van der Waals surface area (Å²) in [5.74, 6) is 2.72. The Labute approximate surface area is 123 Å². The first kappa shape index (κ1) is 13.2. The van der Waals surface area contributed by atoms with E-state index in [1.807, 2.05) is 6.92 Å². The van der Waals surface area contributed by atoms with Crippen molar-refractivity contribution >= 4 is 21.4 Å². The summed E-state index contributed by atoms with van der Waals surface area (Å²) < 4.78 is 28.2. The highest BCUT2D eigenvalue weighted by atomic mass is 32.2. The first-order valence-electron chi connectivity index (χ1n) is 7.24. The van der Waals surface area contributed by atoms with E-state index in [4.69, 9.17) is 0 Å². The molecule has 2 N–H and O–H groups in total. The van der Waals surface area contributed by atoms with Crippen LogP contribution in [0.15, 0.2) is 10.3 Å². The van der Waals surface area contributed by atoms with Gasteiger partial charge < -0.3 is 5.11 Å². The molecule has 0 aliphatic heterocycles. The average molecular weight is 313 g/mol. The van der Waals surface area contributed by atoms with Crippen LogP contribution in [0.4, 0.5) is 0 Å². The van der Waals surface area contributed by atoms with Gasteiger partial charge in [0.1, 0.15) is 4.21 Å². The molecule has 0 spiro atoms. The minimum Gasteiger partial charge on any atom is -0.391 e. The fraction of sp³-hybridized carbons (Fsp3) is 0.714. The topological polar surface area (TPSA) is 66.4 Å². The van der Waals surface area contributed by atoms with Crippen molar-refractivity contribution in [1.82, 2.24) is 4.72 Å². The molecule has 1 aromatic heterocycles. The summed E-state index contributed by atoms with van der Waals surface area (Å²) in [6.07, 6.45) is 3.90. The molecule has 1 heterocycles. The molecule has 110 valence electrons. The van der Waals surface area contributed by atoms with Crippen molar-refractivity contribution in [3.05, 3.63) is 16.5 Å². The van der Waals surface area contributed by atoms with Crippen LogP contribution in [0.3, 0.4) is 0 Å². The van der Waals surface area contributed by atoms with E-state index in [0.29, 0.717) is 16.0 Å². The molecule has 0 radical (unpaired) electrons. The van der Waals surface area contributed by atoms with Crippen LogP contribution >= 0.6 is 11.3 Å². The van der Waals surface area contributed by atoms with Crippen LogP contribution in [0.2, 0.25) is 0 Å². The quantitative estimate of drug-likeness (QED) is 0.892. The third-order valence-corrected chi connectivity index (χ3v) is 8.59. The number of sulfonamides is 1. The molecule has 4 nitrogen and oxygen atoms in total. The summed E-state index contributed by atoms with van der Waals surface area (Å²) in [6.45, 7) is 1.75. The zero-order valence-corrected chi connectivity index (χ0v) is 13.0. The molecular formula is C14H19NO3S2. The van der Waals surface area contributed by atoms with Gasteiger partial charge in [0.15, 0.2) is 0 Å². The maximum atomic E-state index is 12.4. The third kappa shape index (κ3) is 1.81. The molecule has 1 aromatic rings. The van der Waals surface area contributed by atoms with Crippen LogP contribution in [0, 0.1) is 30.6 Å². The van der Waals surface area contributed by atoms with Gasteiger partial charge in [0, 0.05) is 10.9 Å². The molecule has 3 aliphatic rings. The molecule has 4 atom stereocenters. The third-order valence-electron chi connectivity index (χ3n) is 5.43. The van der Waals surface area contributed by atoms with Gasteiger partial charge in [0.05, 0.1) is 6.61 Å². The molecule has 3 aliphatic carbocycles. The van der Waals surface area contributed by atoms with Crippen LogP contribution in [-0.2, 0) is 16.6 Å². The molecule has 3 saturated carbocycles. The van der Waals surface area contributed by atoms with Gasteiger partial charge in [-0.15, -0.1) is 11.3 Å². The van der Waals surface area contributed by atoms with Crippen molar-refractivity contribution in [3.63, 3.8) is 0 Å². The highest BCUT2D eigenvalue weighted by Crippen LogP contribution is 2.65. The van der Waals surface area contributed by atoms with E-state index in [-0.39, 0.29) is 12.6 Å². The molecule has 0 amide bonds. The van der Waals surface area contributed by atoms with E-state index in [2.05, 4.69) is 4.72 Å². The normalized spacial score (nSPS) is 38.2. The molecule has 3 fully saturated rings. The number of aliphatic hydroxyl groups is 1. The maximum absolute atomic E-state index is 12.4. The summed E-state index contributed by atoms with van der Waals surface area (Å²) in [5.41, 5.74) is 0.855. The smallest absolute Gasteiger partial charge is 0.250 e. The Kier molecular flexibility index (Phi) is 2.84. The van der Waals surface area contributed by atoms with Gasteiger partial charge in [-0.3, -0.25) is 0 Å². The minimum absolute atomic E-state index is 0.0924. The largest absolute Gasteiger partial charge is 0.391 e. The van der Waals surface area contributed by atoms with Crippen LogP contribution < -0.4 is 4.72 Å². The van der Waals surface area contributed by atoms with Gasteiger partial charge in [-0.05, 0) is 61.5 Å². The van der Waals surface area contributed by atoms with Gasteiger partial charge in [0.25, 0.3) is 0 Å². The van der Waals surface area contributed by atoms with Gasteiger partial charge in [-0.1, -0.05) is 0 Å². The van der Waals surface area contributed by atoms with E-state index < -0.39 is 10.0 Å². The van der Waals surface area contributed by atoms with E-state index in [9.17, 15) is 13.5 Å². The first-order valence-corrected chi connectivity index (χ1v) is 9.53. The molecule has 0 aromatic carbocycles. The summed E-state index contributed by atoms with van der Waals surface area (Å²) >= 11 is 1.18. The van der Waals surface area contributed by atoms with Crippen molar-refractivity contribution in [2.45, 2.75) is 43.0 Å². The average Bonchev–Trinajstić information content (AvgIpc) is 2.81. The Morgan fingerprint density at radius 3 is 2.55 bits per heavy atom. The highest BCUT2D eigenvalue weighted by molar-refractivity contribution is 7.91. The summed E-state index contributed by atoms with van der Waals surface area (Å²) in [4.78, 5) is 0.737. The zero-order valence-electron chi connectivity index (χ0n) is 11.4. The van der Waals surface area contributed by atoms with Crippen LogP contribution in [0.25, 0.3) is 0 Å². The lowest BCUT2D eigenvalue weighted by Gasteiger charge is -2.10. The van der Waals surface area contributed by atoms with Crippen molar-refractivity contribution in [2.24, 2.45) is 23.7 Å². The molecule has 6 heteroatoms. The Morgan fingerprint density at radius 1 is 1.35 bits per heavy atom. The van der Waals surface area contributed by atoms with Gasteiger partial charge >= 0.3 is 0 Å². The lowest BCUT2D eigenvalue weighted by Crippen LogP contribution is -2.29. The predicted octanol–water partition coefficient (Wildman–Crippen LogP) is 1.87. The zero-order chi connectivity index (χ0) is 14.1. The number of nitrogens with one attached hydrogen (secondary N) is 1. The fourth-order valence-electron chi connectivity index (χ4n) is 4.50. The second-order valence-electron chi connectivity index (χ2n) is 6.46.